The molecule has 0 bridgehead atoms. The maximum Gasteiger partial charge on any atom is 0.315 e. The van der Waals surface area contributed by atoms with Crippen LogP contribution in [0, 0.1) is 22.7 Å². The monoisotopic (exact) mass is 250 g/mol. The van der Waals surface area contributed by atoms with Gasteiger partial charge in [0, 0.05) is 19.0 Å². The maximum absolute atomic E-state index is 12.2. The Morgan fingerprint density at radius 1 is 1.50 bits per heavy atom. The fraction of sp³-hybridized carbons (Fsp3) is 0.846. The molecule has 1 heterocycles. The molecule has 3 fully saturated rings. The summed E-state index contributed by atoms with van der Waals surface area (Å²) in [4.78, 5) is 14.3. The molecule has 3 aliphatic rings. The SMILES string of the molecule is COC(=O)[C@@]12CCCC1C2(C#N)N1CCOCC1. The summed E-state index contributed by atoms with van der Waals surface area (Å²) < 4.78 is 10.3. The molecule has 3 atom stereocenters. The first kappa shape index (κ1) is 11.9. The van der Waals surface area contributed by atoms with Gasteiger partial charge in [-0.3, -0.25) is 9.69 Å². The minimum Gasteiger partial charge on any atom is -0.468 e. The number of hydrogen-bond donors (Lipinski definition) is 0. The van der Waals surface area contributed by atoms with Crippen molar-refractivity contribution in [3.8, 4) is 6.07 Å². The first-order valence-electron chi connectivity index (χ1n) is 6.56. The highest BCUT2D eigenvalue weighted by Gasteiger charge is 2.85. The van der Waals surface area contributed by atoms with E-state index < -0.39 is 11.0 Å². The van der Waals surface area contributed by atoms with Gasteiger partial charge in [-0.05, 0) is 12.8 Å². The third kappa shape index (κ3) is 1.15. The molecule has 18 heavy (non-hydrogen) atoms. The number of ether oxygens (including phenoxy) is 2. The van der Waals surface area contributed by atoms with Crippen LogP contribution in [0.3, 0.4) is 0 Å². The van der Waals surface area contributed by atoms with Crippen LogP contribution in [0.5, 0.6) is 0 Å². The number of methoxy groups -OCH3 is 1. The van der Waals surface area contributed by atoms with Gasteiger partial charge in [-0.25, -0.2) is 0 Å². The van der Waals surface area contributed by atoms with Crippen molar-refractivity contribution in [3.05, 3.63) is 0 Å². The minimum atomic E-state index is -0.623. The van der Waals surface area contributed by atoms with Crippen molar-refractivity contribution < 1.29 is 14.3 Å². The number of fused-ring (bicyclic) bond motifs is 1. The van der Waals surface area contributed by atoms with Crippen molar-refractivity contribution >= 4 is 5.97 Å². The highest BCUT2D eigenvalue weighted by atomic mass is 16.5. The van der Waals surface area contributed by atoms with Crippen LogP contribution >= 0.6 is 0 Å². The summed E-state index contributed by atoms with van der Waals surface area (Å²) in [5.74, 6) is -0.0430. The Balaban J connectivity index is 1.94. The van der Waals surface area contributed by atoms with Crippen LogP contribution in [-0.4, -0.2) is 49.8 Å². The third-order valence-electron chi connectivity index (χ3n) is 4.99. The van der Waals surface area contributed by atoms with Crippen LogP contribution in [0.4, 0.5) is 0 Å². The summed E-state index contributed by atoms with van der Waals surface area (Å²) in [6, 6.07) is 2.45. The number of hydrogen-bond acceptors (Lipinski definition) is 5. The molecule has 0 N–H and O–H groups in total. The van der Waals surface area contributed by atoms with Gasteiger partial charge in [-0.2, -0.15) is 5.26 Å². The predicted molar refractivity (Wildman–Crippen MR) is 62.5 cm³/mol. The molecule has 5 heteroatoms. The number of esters is 1. The Labute approximate surface area is 107 Å². The molecule has 98 valence electrons. The first-order valence-corrected chi connectivity index (χ1v) is 6.56. The smallest absolute Gasteiger partial charge is 0.315 e. The second-order valence-corrected chi connectivity index (χ2v) is 5.39. The molecule has 2 saturated carbocycles. The Morgan fingerprint density at radius 3 is 2.83 bits per heavy atom. The van der Waals surface area contributed by atoms with Crippen LogP contribution in [0.25, 0.3) is 0 Å². The van der Waals surface area contributed by atoms with E-state index in [1.54, 1.807) is 0 Å². The van der Waals surface area contributed by atoms with E-state index in [2.05, 4.69) is 11.0 Å². The van der Waals surface area contributed by atoms with E-state index in [1.807, 2.05) is 0 Å². The fourth-order valence-corrected chi connectivity index (χ4v) is 4.25. The fourth-order valence-electron chi connectivity index (χ4n) is 4.25. The first-order chi connectivity index (χ1) is 8.74. The number of nitrogens with zero attached hydrogens (tertiary/aromatic N) is 2. The van der Waals surface area contributed by atoms with Gasteiger partial charge >= 0.3 is 5.97 Å². The summed E-state index contributed by atoms with van der Waals surface area (Å²) in [6.07, 6.45) is 2.77. The molecule has 1 saturated heterocycles. The van der Waals surface area contributed by atoms with Gasteiger partial charge < -0.3 is 9.47 Å². The van der Waals surface area contributed by atoms with E-state index in [-0.39, 0.29) is 11.9 Å². The second-order valence-electron chi connectivity index (χ2n) is 5.39. The standard InChI is InChI=1S/C13H18N2O3/c1-17-11(16)12-4-2-3-10(12)13(12,9-14)15-5-7-18-8-6-15/h10H,2-8H2,1H3/t10?,12-,13?/m1/s1. The highest BCUT2D eigenvalue weighted by molar-refractivity contribution is 5.86. The lowest BCUT2D eigenvalue weighted by Gasteiger charge is -2.34. The maximum atomic E-state index is 12.2. The van der Waals surface area contributed by atoms with Gasteiger partial charge in [-0.1, -0.05) is 6.42 Å². The number of carbonyl (C=O) groups is 1. The van der Waals surface area contributed by atoms with E-state index in [1.165, 1.54) is 7.11 Å². The summed E-state index contributed by atoms with van der Waals surface area (Å²) in [5.41, 5.74) is -1.18. The average Bonchev–Trinajstić information content (AvgIpc) is 2.76. The number of rotatable bonds is 2. The lowest BCUT2D eigenvalue weighted by molar-refractivity contribution is -0.149. The zero-order valence-electron chi connectivity index (χ0n) is 10.6. The molecule has 3 rings (SSSR count). The Morgan fingerprint density at radius 2 is 2.22 bits per heavy atom. The molecule has 0 aromatic heterocycles. The molecule has 0 amide bonds. The largest absolute Gasteiger partial charge is 0.468 e. The third-order valence-corrected chi connectivity index (χ3v) is 4.99. The molecular formula is C13H18N2O3. The van der Waals surface area contributed by atoms with Gasteiger partial charge in [0.05, 0.1) is 26.4 Å². The minimum absolute atomic E-state index is 0.153. The van der Waals surface area contributed by atoms with E-state index in [0.29, 0.717) is 13.2 Å². The summed E-state index contributed by atoms with van der Waals surface area (Å²) >= 11 is 0. The Hall–Kier alpha value is -1.12. The molecule has 0 radical (unpaired) electrons. The summed E-state index contributed by atoms with van der Waals surface area (Å²) in [7, 11) is 1.42. The molecule has 0 aromatic rings. The van der Waals surface area contributed by atoms with Crippen LogP contribution < -0.4 is 0 Å². The molecule has 5 nitrogen and oxygen atoms in total. The molecule has 2 aliphatic carbocycles. The van der Waals surface area contributed by atoms with Crippen molar-refractivity contribution in [1.82, 2.24) is 4.90 Å². The van der Waals surface area contributed by atoms with Gasteiger partial charge in [0.25, 0.3) is 0 Å². The summed E-state index contributed by atoms with van der Waals surface area (Å²) in [6.45, 7) is 2.77. The molecular weight excluding hydrogens is 232 g/mol. The zero-order chi connectivity index (χ0) is 12.8. The van der Waals surface area contributed by atoms with Crippen LogP contribution in [0.1, 0.15) is 19.3 Å². The summed E-state index contributed by atoms with van der Waals surface area (Å²) in [5, 5.41) is 9.68. The predicted octanol–water partition coefficient (Wildman–Crippen LogP) is 0.554. The van der Waals surface area contributed by atoms with Crippen molar-refractivity contribution in [1.29, 1.82) is 5.26 Å². The van der Waals surface area contributed by atoms with Crippen molar-refractivity contribution in [3.63, 3.8) is 0 Å². The van der Waals surface area contributed by atoms with Gasteiger partial charge in [0.15, 0.2) is 0 Å². The molecule has 1 aliphatic heterocycles. The molecule has 0 spiro atoms. The van der Waals surface area contributed by atoms with Crippen LogP contribution in [-0.2, 0) is 14.3 Å². The number of morpholine rings is 1. The van der Waals surface area contributed by atoms with Crippen molar-refractivity contribution in [2.24, 2.45) is 11.3 Å². The zero-order valence-corrected chi connectivity index (χ0v) is 10.6. The topological polar surface area (TPSA) is 62.6 Å². The highest BCUT2D eigenvalue weighted by Crippen LogP contribution is 2.73. The van der Waals surface area contributed by atoms with Crippen LogP contribution in [0.15, 0.2) is 0 Å². The van der Waals surface area contributed by atoms with E-state index in [4.69, 9.17) is 9.47 Å². The van der Waals surface area contributed by atoms with E-state index >= 15 is 0 Å². The molecule has 0 aromatic carbocycles. The Kier molecular flexibility index (Phi) is 2.61. The number of nitriles is 1. The number of carbonyl (C=O) groups excluding carboxylic acids is 1. The van der Waals surface area contributed by atoms with Gasteiger partial charge in [0.2, 0.25) is 0 Å². The quantitative estimate of drug-likeness (QED) is 0.670. The van der Waals surface area contributed by atoms with Crippen LogP contribution in [0.2, 0.25) is 0 Å². The lowest BCUT2D eigenvalue weighted by Crippen LogP contribution is -2.50. The van der Waals surface area contributed by atoms with E-state index in [0.717, 1.165) is 32.4 Å². The normalized spacial score (nSPS) is 43.0. The molecule has 2 unspecified atom stereocenters. The van der Waals surface area contributed by atoms with Crippen molar-refractivity contribution in [2.45, 2.75) is 24.8 Å². The van der Waals surface area contributed by atoms with Gasteiger partial charge in [0.1, 0.15) is 11.0 Å². The van der Waals surface area contributed by atoms with Crippen molar-refractivity contribution in [2.75, 3.05) is 33.4 Å². The van der Waals surface area contributed by atoms with E-state index in [9.17, 15) is 10.1 Å². The lowest BCUT2D eigenvalue weighted by atomic mass is 9.94. The second kappa shape index (κ2) is 3.94. The Bertz CT molecular complexity index is 413. The van der Waals surface area contributed by atoms with Gasteiger partial charge in [-0.15, -0.1) is 0 Å². The average molecular weight is 250 g/mol.